The summed E-state index contributed by atoms with van der Waals surface area (Å²) in [6.07, 6.45) is 36.9. The Bertz CT molecular complexity index is 802. The van der Waals surface area contributed by atoms with E-state index in [2.05, 4.69) is 43.2 Å². The molecule has 0 aliphatic rings. The number of unbranched alkanes of at least 4 members (excludes halogenated alkanes) is 20. The number of likely N-dealkylation sites (N-methyl/N-ethyl adjacent to an activating group) is 1. The lowest BCUT2D eigenvalue weighted by atomic mass is 9.94. The van der Waals surface area contributed by atoms with Gasteiger partial charge in [-0.25, -0.2) is 0 Å². The van der Waals surface area contributed by atoms with Crippen LogP contribution in [0.25, 0.3) is 0 Å². The zero-order valence-corrected chi connectivity index (χ0v) is 38.8. The molecule has 0 aliphatic heterocycles. The first kappa shape index (κ1) is 55.1. The number of halogens is 1. The van der Waals surface area contributed by atoms with Crippen molar-refractivity contribution in [2.24, 2.45) is 11.8 Å². The summed E-state index contributed by atoms with van der Waals surface area (Å²) in [6.45, 7) is 13.1. The summed E-state index contributed by atoms with van der Waals surface area (Å²) in [7, 11) is 2.03. The van der Waals surface area contributed by atoms with Crippen molar-refractivity contribution in [1.82, 2.24) is 15.5 Å². The topological polar surface area (TPSA) is 79.9 Å². The predicted octanol–water partition coefficient (Wildman–Crippen LogP) is 12.8. The van der Waals surface area contributed by atoms with Crippen LogP contribution < -0.4 is 10.6 Å². The number of alkyl halides is 1. The maximum Gasteiger partial charge on any atom is 0.222 e. The van der Waals surface area contributed by atoms with Crippen molar-refractivity contribution >= 4 is 23.4 Å². The predicted molar refractivity (Wildman–Crippen MR) is 243 cm³/mol. The molecule has 56 heavy (non-hydrogen) atoms. The maximum atomic E-state index is 12.9. The average molecular weight is 815 g/mol. The Hall–Kier alpha value is -0.890. The Kier molecular flexibility index (Phi) is 43.0. The minimum absolute atomic E-state index is 0.0673. The number of hydrogen-bond acceptors (Lipinski definition) is 5. The third-order valence-electron chi connectivity index (χ3n) is 11.5. The molecule has 2 N–H and O–H groups in total. The van der Waals surface area contributed by atoms with E-state index >= 15 is 0 Å². The highest BCUT2D eigenvalue weighted by atomic mass is 35.5. The SMILES string of the molecule is CCCCCCCCC(CCCCCCCC)CNC(=O)CCOCC(CN(C)CCCl)OCCC(=O)NCC(CCCCCCCC)CCCCCCCC. The van der Waals surface area contributed by atoms with Crippen LogP contribution in [0.4, 0.5) is 0 Å². The zero-order valence-electron chi connectivity index (χ0n) is 38.1. The van der Waals surface area contributed by atoms with Gasteiger partial charge in [0.25, 0.3) is 0 Å². The van der Waals surface area contributed by atoms with Gasteiger partial charge in [0.05, 0.1) is 25.9 Å². The van der Waals surface area contributed by atoms with E-state index in [9.17, 15) is 9.59 Å². The molecular weight excluding hydrogens is 718 g/mol. The summed E-state index contributed by atoms with van der Waals surface area (Å²) >= 11 is 6.02. The molecule has 0 aromatic carbocycles. The van der Waals surface area contributed by atoms with Gasteiger partial charge in [0.2, 0.25) is 11.8 Å². The highest BCUT2D eigenvalue weighted by Crippen LogP contribution is 2.20. The van der Waals surface area contributed by atoms with Gasteiger partial charge in [-0.3, -0.25) is 9.59 Å². The van der Waals surface area contributed by atoms with E-state index in [0.717, 1.165) is 19.6 Å². The Balaban J connectivity index is 4.73. The molecule has 0 aromatic rings. The van der Waals surface area contributed by atoms with Crippen LogP contribution in [0.3, 0.4) is 0 Å². The molecule has 7 nitrogen and oxygen atoms in total. The van der Waals surface area contributed by atoms with Gasteiger partial charge >= 0.3 is 0 Å². The van der Waals surface area contributed by atoms with Crippen molar-refractivity contribution in [3.05, 3.63) is 0 Å². The second kappa shape index (κ2) is 43.7. The normalized spacial score (nSPS) is 12.3. The number of nitrogens with one attached hydrogen (secondary N) is 2. The fourth-order valence-electron chi connectivity index (χ4n) is 7.68. The molecule has 0 radical (unpaired) electrons. The molecule has 0 aliphatic carbocycles. The second-order valence-electron chi connectivity index (χ2n) is 17.1. The van der Waals surface area contributed by atoms with Crippen LogP contribution in [0.15, 0.2) is 0 Å². The van der Waals surface area contributed by atoms with Gasteiger partial charge < -0.3 is 25.0 Å². The molecule has 1 atom stereocenters. The van der Waals surface area contributed by atoms with Gasteiger partial charge in [-0.2, -0.15) is 0 Å². The minimum Gasteiger partial charge on any atom is -0.378 e. The summed E-state index contributed by atoms with van der Waals surface area (Å²) in [5.74, 6) is 1.81. The highest BCUT2D eigenvalue weighted by molar-refractivity contribution is 6.18. The van der Waals surface area contributed by atoms with E-state index in [1.54, 1.807) is 0 Å². The van der Waals surface area contributed by atoms with Crippen molar-refractivity contribution in [3.8, 4) is 0 Å². The van der Waals surface area contributed by atoms with Gasteiger partial charge in [0.15, 0.2) is 0 Å². The monoisotopic (exact) mass is 814 g/mol. The molecule has 0 fully saturated rings. The van der Waals surface area contributed by atoms with Crippen LogP contribution in [0, 0.1) is 11.8 Å². The van der Waals surface area contributed by atoms with Gasteiger partial charge in [-0.15, -0.1) is 11.6 Å². The summed E-state index contributed by atoms with van der Waals surface area (Å²) in [5.41, 5.74) is 0. The first-order valence-electron chi connectivity index (χ1n) is 24.4. The minimum atomic E-state index is -0.189. The van der Waals surface area contributed by atoms with Crippen molar-refractivity contribution in [2.75, 3.05) is 58.9 Å². The van der Waals surface area contributed by atoms with E-state index in [0.29, 0.717) is 56.9 Å². The number of carbonyl (C=O) groups excluding carboxylic acids is 2. The molecule has 0 saturated heterocycles. The van der Waals surface area contributed by atoms with Crippen molar-refractivity contribution in [2.45, 2.75) is 226 Å². The van der Waals surface area contributed by atoms with E-state index in [1.165, 1.54) is 180 Å². The smallest absolute Gasteiger partial charge is 0.222 e. The quantitative estimate of drug-likeness (QED) is 0.0473. The summed E-state index contributed by atoms with van der Waals surface area (Å²) in [6, 6.07) is 0. The van der Waals surface area contributed by atoms with E-state index < -0.39 is 0 Å². The average Bonchev–Trinajstić information content (AvgIpc) is 3.19. The third-order valence-corrected chi connectivity index (χ3v) is 11.6. The lowest BCUT2D eigenvalue weighted by molar-refractivity contribution is -0.125. The lowest BCUT2D eigenvalue weighted by Crippen LogP contribution is -2.37. The highest BCUT2D eigenvalue weighted by Gasteiger charge is 2.16. The van der Waals surface area contributed by atoms with Crippen LogP contribution in [-0.4, -0.2) is 81.7 Å². The van der Waals surface area contributed by atoms with Crippen LogP contribution in [0.2, 0.25) is 0 Å². The number of nitrogens with zero attached hydrogens (tertiary/aromatic N) is 1. The van der Waals surface area contributed by atoms with Gasteiger partial charge in [0, 0.05) is 44.9 Å². The largest absolute Gasteiger partial charge is 0.378 e. The maximum absolute atomic E-state index is 12.9. The van der Waals surface area contributed by atoms with E-state index in [1.807, 2.05) is 7.05 Å². The molecule has 334 valence electrons. The number of hydrogen-bond donors (Lipinski definition) is 2. The van der Waals surface area contributed by atoms with E-state index in [4.69, 9.17) is 21.1 Å². The first-order chi connectivity index (χ1) is 27.4. The standard InChI is InChI=1S/C48H96ClN3O4/c1-6-10-14-18-22-26-30-44(31-27-23-19-15-11-7-2)40-50-47(53)34-38-55-43-46(42-52(5)37-36-49)56-39-35-48(54)51-41-45(32-28-24-20-16-12-8-3)33-29-25-21-17-13-9-4/h44-46H,6-43H2,1-5H3,(H,50,53)(H,51,54). The Morgan fingerprint density at radius 1 is 0.536 bits per heavy atom. The molecular formula is C48H96ClN3O4. The lowest BCUT2D eigenvalue weighted by Gasteiger charge is -2.24. The first-order valence-corrected chi connectivity index (χ1v) is 24.9. The van der Waals surface area contributed by atoms with Crippen LogP contribution in [0.5, 0.6) is 0 Å². The second-order valence-corrected chi connectivity index (χ2v) is 17.5. The number of ether oxygens (including phenoxy) is 2. The van der Waals surface area contributed by atoms with Crippen LogP contribution in [-0.2, 0) is 19.1 Å². The fraction of sp³-hybridized carbons (Fsp3) is 0.958. The molecule has 2 amide bonds. The molecule has 8 heteroatoms. The zero-order chi connectivity index (χ0) is 41.2. The van der Waals surface area contributed by atoms with Crippen LogP contribution in [0.1, 0.15) is 220 Å². The summed E-state index contributed by atoms with van der Waals surface area (Å²) in [4.78, 5) is 27.9. The van der Waals surface area contributed by atoms with Crippen molar-refractivity contribution in [3.63, 3.8) is 0 Å². The Labute approximate surface area is 354 Å². The molecule has 1 unspecified atom stereocenters. The van der Waals surface area contributed by atoms with Crippen molar-refractivity contribution < 1.29 is 19.1 Å². The fourth-order valence-corrected chi connectivity index (χ4v) is 7.97. The molecule has 0 spiro atoms. The van der Waals surface area contributed by atoms with Gasteiger partial charge in [-0.1, -0.05) is 182 Å². The molecule has 0 heterocycles. The van der Waals surface area contributed by atoms with Gasteiger partial charge in [-0.05, 0) is 44.6 Å². The Morgan fingerprint density at radius 2 is 0.893 bits per heavy atom. The molecule has 0 rings (SSSR count). The van der Waals surface area contributed by atoms with Crippen molar-refractivity contribution in [1.29, 1.82) is 0 Å². The summed E-state index contributed by atoms with van der Waals surface area (Å²) < 4.78 is 12.2. The molecule has 0 saturated carbocycles. The number of amides is 2. The molecule has 0 aromatic heterocycles. The molecule has 0 bridgehead atoms. The Morgan fingerprint density at radius 3 is 1.27 bits per heavy atom. The van der Waals surface area contributed by atoms with E-state index in [-0.39, 0.29) is 17.9 Å². The summed E-state index contributed by atoms with van der Waals surface area (Å²) in [5, 5.41) is 6.48. The third kappa shape index (κ3) is 38.6. The van der Waals surface area contributed by atoms with Crippen LogP contribution >= 0.6 is 11.6 Å². The number of rotatable bonds is 45. The number of carbonyl (C=O) groups is 2. The van der Waals surface area contributed by atoms with Gasteiger partial charge in [0.1, 0.15) is 0 Å².